The zero-order chi connectivity index (χ0) is 27.3. The lowest BCUT2D eigenvalue weighted by Crippen LogP contribution is -2.36. The summed E-state index contributed by atoms with van der Waals surface area (Å²) >= 11 is 0. The number of piperidine rings is 1. The quantitative estimate of drug-likeness (QED) is 0.504. The van der Waals surface area contributed by atoms with Crippen LogP contribution in [0.15, 0.2) is 35.2 Å². The number of methoxy groups -OCH3 is 1. The molecule has 0 aromatic heterocycles. The predicted molar refractivity (Wildman–Crippen MR) is 146 cm³/mol. The van der Waals surface area contributed by atoms with Crippen LogP contribution in [0, 0.1) is 26.7 Å². The van der Waals surface area contributed by atoms with Gasteiger partial charge in [0.2, 0.25) is 15.9 Å². The van der Waals surface area contributed by atoms with Gasteiger partial charge in [0.1, 0.15) is 11.5 Å². The Labute approximate surface area is 221 Å². The highest BCUT2D eigenvalue weighted by Crippen LogP contribution is 2.28. The summed E-state index contributed by atoms with van der Waals surface area (Å²) < 4.78 is 32.8. The molecule has 0 atom stereocenters. The number of carbonyl (C=O) groups is 2. The van der Waals surface area contributed by atoms with Crippen molar-refractivity contribution < 1.29 is 22.7 Å². The third kappa shape index (κ3) is 7.18. The molecule has 1 amide bonds. The van der Waals surface area contributed by atoms with Crippen LogP contribution in [0.5, 0.6) is 5.75 Å². The van der Waals surface area contributed by atoms with Crippen LogP contribution in [0.25, 0.3) is 0 Å². The van der Waals surface area contributed by atoms with Gasteiger partial charge in [0.25, 0.3) is 0 Å². The number of nitrogens with zero attached hydrogens (tertiary/aromatic N) is 2. The maximum atomic E-state index is 13.2. The maximum absolute atomic E-state index is 13.2. The minimum atomic E-state index is -3.75. The number of nitrogens with one attached hydrogen (secondary N) is 1. The Kier molecular flexibility index (Phi) is 9.50. The Morgan fingerprint density at radius 3 is 2.24 bits per heavy atom. The van der Waals surface area contributed by atoms with Gasteiger partial charge in [0, 0.05) is 38.0 Å². The SMILES string of the molecule is COc1cc(C)c(S(=O)(=O)N(C)CCC(=O)Cc2ccc(NC(=O)C3CCN(C)CC3)c(C)c2)c(C)c1. The van der Waals surface area contributed by atoms with E-state index >= 15 is 0 Å². The summed E-state index contributed by atoms with van der Waals surface area (Å²) in [5.41, 5.74) is 3.71. The van der Waals surface area contributed by atoms with Crippen molar-refractivity contribution in [3.8, 4) is 5.75 Å². The van der Waals surface area contributed by atoms with Gasteiger partial charge in [-0.1, -0.05) is 12.1 Å². The molecule has 202 valence electrons. The van der Waals surface area contributed by atoms with Gasteiger partial charge in [-0.3, -0.25) is 9.59 Å². The van der Waals surface area contributed by atoms with Crippen molar-refractivity contribution in [1.82, 2.24) is 9.21 Å². The van der Waals surface area contributed by atoms with Crippen molar-refractivity contribution >= 4 is 27.4 Å². The van der Waals surface area contributed by atoms with Gasteiger partial charge >= 0.3 is 0 Å². The van der Waals surface area contributed by atoms with Crippen molar-refractivity contribution in [1.29, 1.82) is 0 Å². The van der Waals surface area contributed by atoms with Crippen LogP contribution in [0.2, 0.25) is 0 Å². The van der Waals surface area contributed by atoms with Crippen LogP contribution in [-0.4, -0.2) is 70.2 Å². The van der Waals surface area contributed by atoms with Crippen molar-refractivity contribution in [3.63, 3.8) is 0 Å². The van der Waals surface area contributed by atoms with E-state index < -0.39 is 10.0 Å². The molecule has 0 bridgehead atoms. The van der Waals surface area contributed by atoms with Crippen molar-refractivity contribution in [2.75, 3.05) is 46.2 Å². The summed E-state index contributed by atoms with van der Waals surface area (Å²) in [5, 5.41) is 3.04. The lowest BCUT2D eigenvalue weighted by molar-refractivity contribution is -0.121. The fraction of sp³-hybridized carbons (Fsp3) is 0.500. The average molecular weight is 530 g/mol. The van der Waals surface area contributed by atoms with Crippen LogP contribution >= 0.6 is 0 Å². The number of Topliss-reactive ketones (excluding diaryl/α,β-unsaturated/α-hetero) is 1. The van der Waals surface area contributed by atoms with E-state index in [2.05, 4.69) is 17.3 Å². The largest absolute Gasteiger partial charge is 0.497 e. The van der Waals surface area contributed by atoms with Gasteiger partial charge < -0.3 is 15.0 Å². The minimum Gasteiger partial charge on any atom is -0.497 e. The van der Waals surface area contributed by atoms with E-state index in [1.54, 1.807) is 33.1 Å². The first kappa shape index (κ1) is 28.8. The van der Waals surface area contributed by atoms with E-state index in [0.717, 1.165) is 42.7 Å². The number of carbonyl (C=O) groups excluding carboxylic acids is 2. The Balaban J connectivity index is 1.57. The number of hydrogen-bond donors (Lipinski definition) is 1. The van der Waals surface area contributed by atoms with Crippen molar-refractivity contribution in [3.05, 3.63) is 52.6 Å². The first-order valence-electron chi connectivity index (χ1n) is 12.6. The summed E-state index contributed by atoms with van der Waals surface area (Å²) in [5.74, 6) is 0.629. The van der Waals surface area contributed by atoms with Crippen LogP contribution in [0.3, 0.4) is 0 Å². The van der Waals surface area contributed by atoms with E-state index in [9.17, 15) is 18.0 Å². The molecule has 0 saturated carbocycles. The van der Waals surface area contributed by atoms with E-state index in [0.29, 0.717) is 16.9 Å². The summed E-state index contributed by atoms with van der Waals surface area (Å²) in [4.78, 5) is 27.8. The lowest BCUT2D eigenvalue weighted by atomic mass is 9.96. The second-order valence-electron chi connectivity index (χ2n) is 10.1. The second-order valence-corrected chi connectivity index (χ2v) is 12.1. The highest BCUT2D eigenvalue weighted by atomic mass is 32.2. The molecular formula is C28H39N3O5S. The molecule has 3 rings (SSSR count). The number of ketones is 1. The number of benzene rings is 2. The van der Waals surface area contributed by atoms with Gasteiger partial charge in [-0.15, -0.1) is 0 Å². The monoisotopic (exact) mass is 529 g/mol. The Morgan fingerprint density at radius 2 is 1.68 bits per heavy atom. The number of rotatable bonds is 10. The molecular weight excluding hydrogens is 490 g/mol. The fourth-order valence-corrected chi connectivity index (χ4v) is 6.37. The zero-order valence-corrected chi connectivity index (χ0v) is 23.6. The molecule has 1 fully saturated rings. The van der Waals surface area contributed by atoms with E-state index in [1.807, 2.05) is 25.1 Å². The molecule has 1 aliphatic heterocycles. The van der Waals surface area contributed by atoms with Gasteiger partial charge in [-0.05, 0) is 94.2 Å². The maximum Gasteiger partial charge on any atom is 0.243 e. The molecule has 1 aliphatic rings. The highest BCUT2D eigenvalue weighted by molar-refractivity contribution is 7.89. The number of likely N-dealkylation sites (tertiary alicyclic amines) is 1. The normalized spacial score (nSPS) is 15.1. The van der Waals surface area contributed by atoms with Crippen LogP contribution in [0.1, 0.15) is 41.5 Å². The summed E-state index contributed by atoms with van der Waals surface area (Å²) in [7, 11) is 1.36. The number of hydrogen-bond acceptors (Lipinski definition) is 6. The topological polar surface area (TPSA) is 96.0 Å². The van der Waals surface area contributed by atoms with Crippen LogP contribution in [0.4, 0.5) is 5.69 Å². The van der Waals surface area contributed by atoms with Crippen LogP contribution < -0.4 is 10.1 Å². The molecule has 1 saturated heterocycles. The molecule has 0 radical (unpaired) electrons. The Hall–Kier alpha value is -2.75. The van der Waals surface area contributed by atoms with E-state index in [-0.39, 0.29) is 41.9 Å². The first-order chi connectivity index (χ1) is 17.4. The number of amides is 1. The smallest absolute Gasteiger partial charge is 0.243 e. The van der Waals surface area contributed by atoms with Gasteiger partial charge in [-0.2, -0.15) is 0 Å². The molecule has 2 aromatic rings. The number of aryl methyl sites for hydroxylation is 3. The lowest BCUT2D eigenvalue weighted by Gasteiger charge is -2.28. The van der Waals surface area contributed by atoms with E-state index in [1.165, 1.54) is 11.4 Å². The molecule has 0 unspecified atom stereocenters. The zero-order valence-electron chi connectivity index (χ0n) is 22.8. The number of ether oxygens (including phenoxy) is 1. The van der Waals surface area contributed by atoms with Crippen molar-refractivity contribution in [2.24, 2.45) is 5.92 Å². The summed E-state index contributed by atoms with van der Waals surface area (Å²) in [6.07, 6.45) is 2.03. The standard InChI is InChI=1S/C28H39N3O5S/c1-19-15-22(7-8-26(19)29-28(33)23-9-12-30(4)13-10-23)18-24(32)11-14-31(5)37(34,35)27-20(2)16-25(36-6)17-21(27)3/h7-8,15-17,23H,9-14,18H2,1-6H3,(H,29,33). The summed E-state index contributed by atoms with van der Waals surface area (Å²) in [6.45, 7) is 7.34. The Morgan fingerprint density at radius 1 is 1.05 bits per heavy atom. The van der Waals surface area contributed by atoms with Gasteiger partial charge in [0.15, 0.2) is 0 Å². The van der Waals surface area contributed by atoms with Crippen LogP contribution in [-0.2, 0) is 26.0 Å². The average Bonchev–Trinajstić information content (AvgIpc) is 2.83. The Bertz CT molecular complexity index is 1230. The molecule has 1 N–H and O–H groups in total. The van der Waals surface area contributed by atoms with Gasteiger partial charge in [0.05, 0.1) is 12.0 Å². The molecule has 9 heteroatoms. The predicted octanol–water partition coefficient (Wildman–Crippen LogP) is 3.72. The molecule has 37 heavy (non-hydrogen) atoms. The fourth-order valence-electron chi connectivity index (χ4n) is 4.79. The minimum absolute atomic E-state index is 0.0237. The highest BCUT2D eigenvalue weighted by Gasteiger charge is 2.26. The van der Waals surface area contributed by atoms with Gasteiger partial charge in [-0.25, -0.2) is 12.7 Å². The third-order valence-electron chi connectivity index (χ3n) is 7.08. The first-order valence-corrected chi connectivity index (χ1v) is 14.1. The molecule has 0 aliphatic carbocycles. The second kappa shape index (κ2) is 12.2. The van der Waals surface area contributed by atoms with E-state index in [4.69, 9.17) is 4.74 Å². The molecule has 0 spiro atoms. The molecule has 1 heterocycles. The molecule has 2 aromatic carbocycles. The number of anilines is 1. The molecule has 8 nitrogen and oxygen atoms in total. The third-order valence-corrected chi connectivity index (χ3v) is 9.25. The van der Waals surface area contributed by atoms with Crippen molar-refractivity contribution in [2.45, 2.75) is 51.3 Å². The summed E-state index contributed by atoms with van der Waals surface area (Å²) in [6, 6.07) is 8.99. The number of sulfonamides is 1.